The van der Waals surface area contributed by atoms with Crippen LogP contribution in [0.1, 0.15) is 92.9 Å². The van der Waals surface area contributed by atoms with Crippen LogP contribution in [0, 0.1) is 23.7 Å². The van der Waals surface area contributed by atoms with Crippen LogP contribution in [0.15, 0.2) is 11.6 Å². The molecule has 13 atom stereocenters. The third-order valence-electron chi connectivity index (χ3n) is 11.1. The van der Waals surface area contributed by atoms with Crippen molar-refractivity contribution in [3.05, 3.63) is 11.6 Å². The lowest BCUT2D eigenvalue weighted by Crippen LogP contribution is -2.58. The second-order valence-electron chi connectivity index (χ2n) is 14.7. The van der Waals surface area contributed by atoms with E-state index in [0.717, 1.165) is 24.8 Å². The minimum Gasteiger partial charge on any atom is -0.455 e. The van der Waals surface area contributed by atoms with Gasteiger partial charge < -0.3 is 38.4 Å². The van der Waals surface area contributed by atoms with Crippen LogP contribution in [-0.4, -0.2) is 110 Å². The Morgan fingerprint density at radius 1 is 1.02 bits per heavy atom. The summed E-state index contributed by atoms with van der Waals surface area (Å²) in [5.74, 6) is -3.68. The summed E-state index contributed by atoms with van der Waals surface area (Å²) >= 11 is 0. The van der Waals surface area contributed by atoms with Crippen molar-refractivity contribution in [3.63, 3.8) is 0 Å². The summed E-state index contributed by atoms with van der Waals surface area (Å²) in [6.45, 7) is 12.1. The van der Waals surface area contributed by atoms with E-state index in [9.17, 15) is 19.5 Å². The summed E-state index contributed by atoms with van der Waals surface area (Å²) in [5.41, 5.74) is 1.16. The number of methoxy groups -OCH3 is 3. The highest BCUT2D eigenvalue weighted by Gasteiger charge is 2.55. The Bertz CT molecular complexity index is 1130. The molecule has 268 valence electrons. The zero-order chi connectivity index (χ0) is 34.6. The van der Waals surface area contributed by atoms with Crippen molar-refractivity contribution in [2.45, 2.75) is 147 Å². The molecule has 0 aromatic carbocycles. The Morgan fingerprint density at radius 3 is 2.34 bits per heavy atom. The molecule has 47 heavy (non-hydrogen) atoms. The smallest absolute Gasteiger partial charge is 0.329 e. The number of hydrogen-bond donors (Lipinski definition) is 1. The lowest BCUT2D eigenvalue weighted by atomic mass is 9.83. The molecule has 4 rings (SSSR count). The summed E-state index contributed by atoms with van der Waals surface area (Å²) in [4.78, 5) is 43.1. The highest BCUT2D eigenvalue weighted by molar-refractivity contribution is 6.38. The molecule has 3 fully saturated rings. The number of amides is 1. The molecule has 0 aromatic heterocycles. The molecule has 4 heterocycles. The number of ether oxygens (including phenoxy) is 6. The van der Waals surface area contributed by atoms with Gasteiger partial charge in [-0.1, -0.05) is 39.3 Å². The molecule has 11 heteroatoms. The summed E-state index contributed by atoms with van der Waals surface area (Å²) < 4.78 is 36.5. The molecule has 11 nitrogen and oxygen atoms in total. The van der Waals surface area contributed by atoms with E-state index in [-0.39, 0.29) is 42.4 Å². The Hall–Kier alpha value is -1.89. The highest BCUT2D eigenvalue weighted by Crippen LogP contribution is 2.41. The Kier molecular flexibility index (Phi) is 13.1. The average Bonchev–Trinajstić information content (AvgIpc) is 3.29. The van der Waals surface area contributed by atoms with Crippen LogP contribution in [0.3, 0.4) is 0 Å². The molecule has 1 N–H and O–H groups in total. The molecular weight excluding hydrogens is 606 g/mol. The minimum absolute atomic E-state index is 0.0876. The van der Waals surface area contributed by atoms with Gasteiger partial charge >= 0.3 is 5.97 Å². The summed E-state index contributed by atoms with van der Waals surface area (Å²) in [6, 6.07) is -0.918. The fourth-order valence-electron chi connectivity index (χ4n) is 8.31. The molecule has 1 amide bonds. The van der Waals surface area contributed by atoms with E-state index in [2.05, 4.69) is 26.8 Å². The maximum absolute atomic E-state index is 13.9. The fourth-order valence-corrected chi connectivity index (χ4v) is 8.31. The number of hydrogen-bond acceptors (Lipinski definition) is 10. The second kappa shape index (κ2) is 16.2. The first-order chi connectivity index (χ1) is 22.3. The lowest BCUT2D eigenvalue weighted by molar-refractivity contribution is -0.243. The van der Waals surface area contributed by atoms with Crippen LogP contribution in [0.25, 0.3) is 0 Å². The molecule has 4 aliphatic rings. The largest absolute Gasteiger partial charge is 0.455 e. The number of esters is 1. The average molecular weight is 666 g/mol. The third kappa shape index (κ3) is 8.29. The van der Waals surface area contributed by atoms with Gasteiger partial charge in [0.15, 0.2) is 6.10 Å². The number of piperidine rings is 1. The van der Waals surface area contributed by atoms with Gasteiger partial charge in [-0.25, -0.2) is 4.79 Å². The van der Waals surface area contributed by atoms with Crippen LogP contribution in [0.5, 0.6) is 0 Å². The predicted molar refractivity (Wildman–Crippen MR) is 174 cm³/mol. The molecule has 0 aromatic rings. The minimum atomic E-state index is -1.24. The molecule has 0 spiro atoms. The summed E-state index contributed by atoms with van der Waals surface area (Å²) in [6.07, 6.45) is 2.88. The molecule has 0 aliphatic carbocycles. The van der Waals surface area contributed by atoms with Crippen molar-refractivity contribution in [1.29, 1.82) is 0 Å². The van der Waals surface area contributed by atoms with Gasteiger partial charge in [-0.2, -0.15) is 0 Å². The summed E-state index contributed by atoms with van der Waals surface area (Å²) in [5, 5.41) is 11.4. The van der Waals surface area contributed by atoms with E-state index in [1.807, 2.05) is 13.8 Å². The molecule has 0 saturated carbocycles. The Morgan fingerprint density at radius 2 is 1.70 bits per heavy atom. The van der Waals surface area contributed by atoms with Crippen molar-refractivity contribution < 1.29 is 47.9 Å². The number of Topliss-reactive ketones (excluding diaryl/α,β-unsaturated/α-hetero) is 1. The van der Waals surface area contributed by atoms with Gasteiger partial charge in [0.1, 0.15) is 18.2 Å². The van der Waals surface area contributed by atoms with Gasteiger partial charge in [-0.05, 0) is 70.6 Å². The fraction of sp³-hybridized carbons (Fsp3) is 0.861. The maximum atomic E-state index is 13.9. The monoisotopic (exact) mass is 665 g/mol. The first kappa shape index (κ1) is 37.9. The number of nitrogens with zero attached hydrogens (tertiary/aromatic N) is 1. The van der Waals surface area contributed by atoms with Crippen molar-refractivity contribution in [2.24, 2.45) is 23.7 Å². The molecule has 2 unspecified atom stereocenters. The molecule has 3 saturated heterocycles. The normalized spacial score (nSPS) is 44.2. The lowest BCUT2D eigenvalue weighted by Gasteiger charge is -2.43. The summed E-state index contributed by atoms with van der Waals surface area (Å²) in [7, 11) is 4.77. The predicted octanol–water partition coefficient (Wildman–Crippen LogP) is 4.22. The molecule has 4 bridgehead atoms. The standard InChI is InChI=1S/C36H59NO10/c1-10-24-16-20(2)15-21(3)17-28(42-7)32-29(43-8)18-22(4)31(45-32)30(39)34(40)37-14-12-11-13-25(37)35(41)46-33-23(5)27(19-26(24)38)47-36(33,6)44-9/h16,21-29,31-33,38H,10-15,17-19H2,1-9H3/b20-16+/t21-,22+,23+,24+,25-,26+,27-,28-,29-,31?,32+,33-,36?/m0/s1. The number of allylic oxidation sites excluding steroid dienone is 1. The van der Waals surface area contributed by atoms with E-state index < -0.39 is 60.0 Å². The van der Waals surface area contributed by atoms with Gasteiger partial charge in [0.05, 0.1) is 24.4 Å². The van der Waals surface area contributed by atoms with E-state index in [0.29, 0.717) is 32.1 Å². The number of aliphatic hydroxyl groups excluding tert-OH is 1. The van der Waals surface area contributed by atoms with Crippen molar-refractivity contribution >= 4 is 17.7 Å². The maximum Gasteiger partial charge on any atom is 0.329 e. The van der Waals surface area contributed by atoms with Crippen molar-refractivity contribution in [2.75, 3.05) is 27.9 Å². The Balaban J connectivity index is 1.71. The molecular formula is C36H59NO10. The van der Waals surface area contributed by atoms with E-state index in [1.54, 1.807) is 21.1 Å². The van der Waals surface area contributed by atoms with Crippen LogP contribution >= 0.6 is 0 Å². The second-order valence-corrected chi connectivity index (χ2v) is 14.7. The van der Waals surface area contributed by atoms with Crippen molar-refractivity contribution in [1.82, 2.24) is 4.90 Å². The SMILES string of the molecule is CC[C@@H]1/C=C(\C)C[C@H](C)C[C@H](OC)[C@H]2OC(C(=O)C(=O)N3CCCC[C@H]3C(=O)O[C@H]3[C@H](C)[C@H](C[C@H]1O)OC3(C)OC)[C@H](C)C[C@@H]2OC. The van der Waals surface area contributed by atoms with Gasteiger partial charge in [0, 0.05) is 46.1 Å². The van der Waals surface area contributed by atoms with Gasteiger partial charge in [-0.15, -0.1) is 0 Å². The molecule has 0 radical (unpaired) electrons. The van der Waals surface area contributed by atoms with Gasteiger partial charge in [0.2, 0.25) is 11.6 Å². The number of ketones is 1. The first-order valence-electron chi connectivity index (χ1n) is 17.6. The number of carbonyl (C=O) groups excluding carboxylic acids is 3. The van der Waals surface area contributed by atoms with Gasteiger partial charge in [0.25, 0.3) is 5.91 Å². The van der Waals surface area contributed by atoms with Gasteiger partial charge in [-0.3, -0.25) is 9.59 Å². The van der Waals surface area contributed by atoms with Crippen LogP contribution < -0.4 is 0 Å². The van der Waals surface area contributed by atoms with Crippen LogP contribution in [0.2, 0.25) is 0 Å². The highest BCUT2D eigenvalue weighted by atomic mass is 16.7. The number of aliphatic hydroxyl groups is 1. The van der Waals surface area contributed by atoms with E-state index >= 15 is 0 Å². The van der Waals surface area contributed by atoms with Crippen LogP contribution in [0.4, 0.5) is 0 Å². The zero-order valence-corrected chi connectivity index (χ0v) is 29.9. The topological polar surface area (TPSA) is 130 Å². The number of carbonyl (C=O) groups is 3. The number of rotatable bonds is 4. The van der Waals surface area contributed by atoms with E-state index in [1.165, 1.54) is 12.0 Å². The third-order valence-corrected chi connectivity index (χ3v) is 11.1. The molecule has 4 aliphatic heterocycles. The number of fused-ring (bicyclic) bond motifs is 5. The van der Waals surface area contributed by atoms with E-state index in [4.69, 9.17) is 28.4 Å². The first-order valence-corrected chi connectivity index (χ1v) is 17.6. The van der Waals surface area contributed by atoms with Crippen LogP contribution in [-0.2, 0) is 42.8 Å². The Labute approximate surface area is 281 Å². The zero-order valence-electron chi connectivity index (χ0n) is 29.9. The van der Waals surface area contributed by atoms with Crippen molar-refractivity contribution in [3.8, 4) is 0 Å². The quantitative estimate of drug-likeness (QED) is 0.265.